The van der Waals surface area contributed by atoms with Crippen LogP contribution < -0.4 is 5.19 Å². The molecule has 0 spiro atoms. The van der Waals surface area contributed by atoms with Gasteiger partial charge in [0.15, 0.2) is 11.8 Å². The maximum Gasteiger partial charge on any atom is 0.180 e. The number of thiazole rings is 1. The van der Waals surface area contributed by atoms with Crippen LogP contribution in [0.25, 0.3) is 151 Å². The van der Waals surface area contributed by atoms with E-state index in [0.717, 1.165) is 138 Å². The first kappa shape index (κ1) is 95.8. The van der Waals surface area contributed by atoms with Crippen molar-refractivity contribution in [1.29, 1.82) is 5.26 Å². The fourth-order valence-corrected chi connectivity index (χ4v) is 17.4. The minimum absolute atomic E-state index is 0. The molecule has 34 heteroatoms. The molecule has 0 aliphatic heterocycles. The Morgan fingerprint density at radius 2 is 0.884 bits per heavy atom. The topological polar surface area (TPSA) is 291 Å². The van der Waals surface area contributed by atoms with E-state index >= 15 is 0 Å². The molecule has 0 amide bonds. The van der Waals surface area contributed by atoms with Gasteiger partial charge in [-0.15, -0.1) is 116 Å². The van der Waals surface area contributed by atoms with E-state index in [1.165, 1.54) is 28.7 Å². The Kier molecular flexibility index (Phi) is 30.4. The van der Waals surface area contributed by atoms with E-state index in [4.69, 9.17) is 8.83 Å². The van der Waals surface area contributed by atoms with Crippen molar-refractivity contribution in [2.75, 3.05) is 0 Å². The number of pyridine rings is 1. The van der Waals surface area contributed by atoms with Crippen molar-refractivity contribution in [2.24, 2.45) is 14.1 Å². The van der Waals surface area contributed by atoms with Crippen LogP contribution in [-0.2, 0) is 115 Å². The number of halogens is 1. The summed E-state index contributed by atoms with van der Waals surface area (Å²) in [6.45, 7) is 25.2. The number of hydrogen-bond acceptors (Lipinski definition) is 20. The van der Waals surface area contributed by atoms with Crippen LogP contribution in [-0.4, -0.2) is 121 Å². The molecule has 0 saturated carbocycles. The second-order valence-corrected chi connectivity index (χ2v) is 36.8. The standard InChI is InChI=1S/C23H17N4O.C21H24N5Si.C17H13FN5.C17H14N5O.C17H10N5S.5Ir/c1-15-8-6-11-18(17-9-4-3-5-10-17)22(15)27-14-24-26-23(27)19-12-7-13-20-21(19)25-16(2)28-20;1-14-10-16(27(4,5)6)11-15(2)19(14)26-13-23-24-21(26)17-8-7-9-18-20(17)25(3)12-22-18;1-11-20-14-8-5-6-12(16(14)22(11)2)17-21-19-10-23(17)15-9-4-3-7-13(15)18;1-10-7-18-8-11(2)16(10)22-9-19-21-17(22)13-5-4-6-14-15(13)20-12(3)23-14;1-11-20-16-13(6-4-8-15(16)23-11)17-21-19-10-22(17)14-7-3-2-5-12(14)9-18;;;;;/h3-11,13-14H,1-2H3;7,9-13H,1-6H3;3-5,7-10H,1-2H3;4,6-9H,1-3H3;2-5,7-8,10H,1H3;;;;;/q5*-1;;;;;. The molecule has 129 heavy (non-hydrogen) atoms. The van der Waals surface area contributed by atoms with Gasteiger partial charge in [-0.3, -0.25) is 29.9 Å². The Hall–Kier alpha value is -12.3. The van der Waals surface area contributed by atoms with Crippen molar-refractivity contribution >= 4 is 79.1 Å². The van der Waals surface area contributed by atoms with Crippen molar-refractivity contribution in [1.82, 2.24) is 113 Å². The molecule has 0 N–H and O–H groups in total. The molecule has 0 bridgehead atoms. The van der Waals surface area contributed by atoms with Gasteiger partial charge in [0.25, 0.3) is 0 Å². The Labute approximate surface area is 814 Å². The average Bonchev–Trinajstić information content (AvgIpc) is 1.65. The number of para-hydroxylation sites is 3. The van der Waals surface area contributed by atoms with Gasteiger partial charge in [-0.25, -0.2) is 4.39 Å². The second-order valence-electron chi connectivity index (χ2n) is 30.5. The summed E-state index contributed by atoms with van der Waals surface area (Å²) in [6, 6.07) is 72.4. The number of hydrogen-bond donors (Lipinski definition) is 0. The number of nitriles is 1. The Morgan fingerprint density at radius 1 is 0.426 bits per heavy atom. The number of aryl methyl sites for hydroxylation is 11. The van der Waals surface area contributed by atoms with E-state index < -0.39 is 8.07 Å². The maximum absolute atomic E-state index is 14.1. The fraction of sp³-hybridized carbons (Fsp3) is 0.147. The van der Waals surface area contributed by atoms with Crippen molar-refractivity contribution < 1.29 is 114 Å². The van der Waals surface area contributed by atoms with Crippen LogP contribution in [0.5, 0.6) is 0 Å². The van der Waals surface area contributed by atoms with Gasteiger partial charge >= 0.3 is 0 Å². The second kappa shape index (κ2) is 41.0. The smallest absolute Gasteiger partial charge is 0.180 e. The molecule has 0 aliphatic carbocycles. The molecule has 21 rings (SSSR count). The summed E-state index contributed by atoms with van der Waals surface area (Å²) >= 11 is 1.63. The third-order valence-corrected chi connectivity index (χ3v) is 24.0. The largest absolute Gasteiger partial charge is 0.461 e. The predicted octanol–water partition coefficient (Wildman–Crippen LogP) is 18.7. The van der Waals surface area contributed by atoms with Crippen molar-refractivity contribution in [2.45, 2.75) is 82.0 Å². The molecule has 11 heterocycles. The van der Waals surface area contributed by atoms with E-state index in [-0.39, 0.29) is 106 Å². The van der Waals surface area contributed by atoms with E-state index in [0.29, 0.717) is 57.5 Å². The minimum atomic E-state index is -1.37. The maximum atomic E-state index is 14.1. The van der Waals surface area contributed by atoms with Gasteiger partial charge in [-0.2, -0.15) is 30.8 Å². The van der Waals surface area contributed by atoms with Crippen LogP contribution in [0, 0.1) is 110 Å². The molecule has 5 radical (unpaired) electrons. The van der Waals surface area contributed by atoms with Crippen molar-refractivity contribution in [3.63, 3.8) is 0 Å². The zero-order chi connectivity index (χ0) is 86.2. The summed E-state index contributed by atoms with van der Waals surface area (Å²) in [5, 5.41) is 53.8. The Morgan fingerprint density at radius 3 is 1.45 bits per heavy atom. The first-order valence-corrected chi connectivity index (χ1v) is 43.8. The number of rotatable bonds is 12. The van der Waals surface area contributed by atoms with Crippen LogP contribution in [0.3, 0.4) is 0 Å². The van der Waals surface area contributed by atoms with Gasteiger partial charge in [0.2, 0.25) is 0 Å². The van der Waals surface area contributed by atoms with Crippen LogP contribution in [0.2, 0.25) is 19.6 Å². The number of nitrogens with zero attached hydrogens (tertiary/aromatic N) is 24. The molecule has 0 fully saturated rings. The van der Waals surface area contributed by atoms with Gasteiger partial charge in [-0.1, -0.05) is 150 Å². The molecular weight excluding hydrogens is 2550 g/mol. The molecule has 26 nitrogen and oxygen atoms in total. The molecular formula is C95H78FIr5N24O2SSi-5. The number of imidazole rings is 2. The third-order valence-electron chi connectivity index (χ3n) is 21.0. The third kappa shape index (κ3) is 19.3. The van der Waals surface area contributed by atoms with Crippen LogP contribution in [0.15, 0.2) is 229 Å². The molecule has 0 saturated heterocycles. The summed E-state index contributed by atoms with van der Waals surface area (Å²) in [5.41, 5.74) is 24.3. The molecule has 11 aromatic heterocycles. The predicted molar refractivity (Wildman–Crippen MR) is 479 cm³/mol. The summed E-state index contributed by atoms with van der Waals surface area (Å²) < 4.78 is 40.0. The molecule has 0 unspecified atom stereocenters. The van der Waals surface area contributed by atoms with Gasteiger partial charge < -0.3 is 40.8 Å². The molecule has 657 valence electrons. The van der Waals surface area contributed by atoms with Crippen molar-refractivity contribution in [3.05, 3.63) is 312 Å². The van der Waals surface area contributed by atoms with Gasteiger partial charge in [0.1, 0.15) is 43.5 Å². The summed E-state index contributed by atoms with van der Waals surface area (Å²) in [6.07, 6.45) is 13.8. The number of fused-ring (bicyclic) bond motifs is 5. The molecule has 0 atom stereocenters. The van der Waals surface area contributed by atoms with Gasteiger partial charge in [0, 0.05) is 185 Å². The van der Waals surface area contributed by atoms with E-state index in [1.807, 2.05) is 184 Å². The number of aromatic nitrogens is 23. The van der Waals surface area contributed by atoms with Crippen LogP contribution in [0.4, 0.5) is 4.39 Å². The summed E-state index contributed by atoms with van der Waals surface area (Å²) in [5.74, 6) is 5.10. The molecule has 10 aromatic carbocycles. The quantitative estimate of drug-likeness (QED) is 0.0811. The van der Waals surface area contributed by atoms with E-state index in [1.54, 1.807) is 76.1 Å². The summed E-state index contributed by atoms with van der Waals surface area (Å²) in [7, 11) is 2.55. The number of oxazole rings is 2. The summed E-state index contributed by atoms with van der Waals surface area (Å²) in [4.78, 5) is 26.8. The van der Waals surface area contributed by atoms with E-state index in [2.05, 4.69) is 205 Å². The van der Waals surface area contributed by atoms with E-state index in [9.17, 15) is 9.65 Å². The Bertz CT molecular complexity index is 7580. The average molecular weight is 2630 g/mol. The zero-order valence-corrected chi connectivity index (χ0v) is 85.6. The van der Waals surface area contributed by atoms with Crippen LogP contribution >= 0.6 is 11.3 Å². The molecule has 21 aromatic rings. The van der Waals surface area contributed by atoms with Crippen molar-refractivity contribution in [3.8, 4) is 103 Å². The monoisotopic (exact) mass is 2630 g/mol. The molecule has 0 aliphatic rings. The first-order valence-electron chi connectivity index (χ1n) is 39.5. The van der Waals surface area contributed by atoms with Gasteiger partial charge in [0.05, 0.1) is 88.1 Å². The fourth-order valence-electron chi connectivity index (χ4n) is 15.3. The zero-order valence-electron chi connectivity index (χ0n) is 71.8. The van der Waals surface area contributed by atoms with Gasteiger partial charge in [-0.05, 0) is 122 Å². The normalized spacial score (nSPS) is 10.9. The SMILES string of the molecule is Cc1cc([Si](C)(C)C)cc(C)c1-n1cnnc1-c1[c-]ccc2ncn(C)c12.Cc1nc2c(-c3nncn3-c3c(C)cccc3-c3ccccc3)[c-]ccc2o1.Cc1nc2c(-c3nncn3-c3c(C)cncc3C)[c-]ccc2o1.Cc1nc2c(-c3nncn3-c3ccccc3C#N)[c-]ccc2s1.Cc1nc2cc[c-]c(-c3nncn3-c3ccccc3F)c2n1C.[Ir].[Ir].[Ir].[Ir].[Ir]. The van der Waals surface area contributed by atoms with Crippen LogP contribution in [0.1, 0.15) is 56.0 Å². The minimum Gasteiger partial charge on any atom is -0.461 e. The first-order chi connectivity index (χ1) is 60.1. The Balaban J connectivity index is 0.000000145. The number of benzene rings is 10.